The third kappa shape index (κ3) is 6.57. The lowest BCUT2D eigenvalue weighted by Crippen LogP contribution is -2.39. The number of halogens is 1. The summed E-state index contributed by atoms with van der Waals surface area (Å²) in [7, 11) is -4.05. The molecule has 0 saturated carbocycles. The Hall–Kier alpha value is -3.87. The zero-order chi connectivity index (χ0) is 24.6. The van der Waals surface area contributed by atoms with E-state index in [0.717, 1.165) is 9.87 Å². The monoisotopic (exact) mass is 496 g/mol. The number of nitrogens with one attached hydrogen (secondary N) is 1. The lowest BCUT2D eigenvalue weighted by Gasteiger charge is -2.24. The fraction of sp³-hybridized carbons (Fsp3) is 0.125. The van der Waals surface area contributed by atoms with Crippen molar-refractivity contribution >= 4 is 39.4 Å². The number of amides is 1. The number of carbonyl (C=O) groups is 1. The number of ether oxygens (including phenoxy) is 1. The van der Waals surface area contributed by atoms with Crippen LogP contribution in [0.15, 0.2) is 82.8 Å². The number of hydrogen-bond donors (Lipinski definition) is 1. The molecule has 34 heavy (non-hydrogen) atoms. The highest BCUT2D eigenvalue weighted by molar-refractivity contribution is 7.92. The summed E-state index contributed by atoms with van der Waals surface area (Å²) in [6, 6.07) is 21.2. The minimum Gasteiger partial charge on any atom is -0.479 e. The average Bonchev–Trinajstić information content (AvgIpc) is 2.82. The Bertz CT molecular complexity index is 1320. The Morgan fingerprint density at radius 2 is 1.85 bits per heavy atom. The molecule has 0 aliphatic rings. The summed E-state index contributed by atoms with van der Waals surface area (Å²) in [5, 5.41) is 12.8. The van der Waals surface area contributed by atoms with E-state index in [1.54, 1.807) is 54.6 Å². The summed E-state index contributed by atoms with van der Waals surface area (Å²) in [6.07, 6.45) is 1.41. The largest absolute Gasteiger partial charge is 0.479 e. The minimum absolute atomic E-state index is 0.0492. The van der Waals surface area contributed by atoms with Gasteiger partial charge in [0.2, 0.25) is 0 Å². The summed E-state index contributed by atoms with van der Waals surface area (Å²) in [5.41, 5.74) is 4.17. The number of carbonyl (C=O) groups excluding carboxylic acids is 1. The standard InChI is InChI=1S/C24H21ClN4O4S/c1-18-5-11-23(12-6-18)34(31,32)29(21-4-2-3-20(25)15-21)17-24(30)28-27-16-19-7-9-22(10-8-19)33-14-13-26/h2-12,15-16H,14,17H2,1H3,(H,28,30)/b27-16-. The summed E-state index contributed by atoms with van der Waals surface area (Å²) >= 11 is 6.06. The number of aryl methyl sites for hydroxylation is 1. The summed E-state index contributed by atoms with van der Waals surface area (Å²) in [6.45, 7) is 1.29. The van der Waals surface area contributed by atoms with Crippen LogP contribution in [0.1, 0.15) is 11.1 Å². The van der Waals surface area contributed by atoms with Crippen LogP contribution in [0.3, 0.4) is 0 Å². The van der Waals surface area contributed by atoms with E-state index in [-0.39, 0.29) is 17.2 Å². The van der Waals surface area contributed by atoms with E-state index in [4.69, 9.17) is 21.6 Å². The molecule has 0 saturated heterocycles. The third-order valence-electron chi connectivity index (χ3n) is 4.58. The van der Waals surface area contributed by atoms with Crippen LogP contribution in [0.2, 0.25) is 5.02 Å². The highest BCUT2D eigenvalue weighted by Gasteiger charge is 2.27. The molecule has 0 spiro atoms. The molecule has 1 N–H and O–H groups in total. The Balaban J connectivity index is 1.76. The maximum atomic E-state index is 13.3. The number of hydrogen-bond acceptors (Lipinski definition) is 6. The second-order valence-electron chi connectivity index (χ2n) is 7.11. The van der Waals surface area contributed by atoms with Gasteiger partial charge in [-0.05, 0) is 67.1 Å². The van der Waals surface area contributed by atoms with Crippen LogP contribution >= 0.6 is 11.6 Å². The number of anilines is 1. The van der Waals surface area contributed by atoms with Crippen LogP contribution in [-0.2, 0) is 14.8 Å². The van der Waals surface area contributed by atoms with E-state index in [9.17, 15) is 13.2 Å². The van der Waals surface area contributed by atoms with Crippen LogP contribution < -0.4 is 14.5 Å². The van der Waals surface area contributed by atoms with Gasteiger partial charge in [-0.25, -0.2) is 13.8 Å². The molecule has 0 fully saturated rings. The lowest BCUT2D eigenvalue weighted by atomic mass is 10.2. The molecular formula is C24H21ClN4O4S. The predicted octanol–water partition coefficient (Wildman–Crippen LogP) is 3.90. The number of nitrogens with zero attached hydrogens (tertiary/aromatic N) is 3. The predicted molar refractivity (Wildman–Crippen MR) is 130 cm³/mol. The van der Waals surface area contributed by atoms with Gasteiger partial charge in [-0.2, -0.15) is 10.4 Å². The first-order valence-electron chi connectivity index (χ1n) is 10.1. The van der Waals surface area contributed by atoms with E-state index >= 15 is 0 Å². The highest BCUT2D eigenvalue weighted by atomic mass is 35.5. The maximum Gasteiger partial charge on any atom is 0.264 e. The van der Waals surface area contributed by atoms with Gasteiger partial charge in [0.05, 0.1) is 16.8 Å². The molecule has 0 radical (unpaired) electrons. The second kappa shape index (κ2) is 11.3. The summed E-state index contributed by atoms with van der Waals surface area (Å²) in [5.74, 6) is -0.109. The molecule has 0 atom stereocenters. The first-order chi connectivity index (χ1) is 16.3. The van der Waals surface area contributed by atoms with Crippen LogP contribution in [0, 0.1) is 18.3 Å². The van der Waals surface area contributed by atoms with Crippen LogP contribution in [0.5, 0.6) is 5.75 Å². The van der Waals surface area contributed by atoms with Gasteiger partial charge in [-0.1, -0.05) is 35.4 Å². The van der Waals surface area contributed by atoms with Crippen molar-refractivity contribution in [2.24, 2.45) is 5.10 Å². The zero-order valence-electron chi connectivity index (χ0n) is 18.2. The first kappa shape index (κ1) is 24.8. The van der Waals surface area contributed by atoms with Crippen LogP contribution in [0.4, 0.5) is 5.69 Å². The van der Waals surface area contributed by atoms with Crippen molar-refractivity contribution in [2.45, 2.75) is 11.8 Å². The Labute approximate surface area is 203 Å². The number of benzene rings is 3. The second-order valence-corrected chi connectivity index (χ2v) is 9.41. The van der Waals surface area contributed by atoms with Crippen LogP contribution in [-0.4, -0.2) is 33.7 Å². The molecule has 3 aromatic rings. The van der Waals surface area contributed by atoms with Gasteiger partial charge in [0.25, 0.3) is 15.9 Å². The van der Waals surface area contributed by atoms with Gasteiger partial charge >= 0.3 is 0 Å². The van der Waals surface area contributed by atoms with Crippen molar-refractivity contribution in [3.8, 4) is 11.8 Å². The first-order valence-corrected chi connectivity index (χ1v) is 11.9. The summed E-state index contributed by atoms with van der Waals surface area (Å²) in [4.78, 5) is 12.6. The molecule has 10 heteroatoms. The van der Waals surface area contributed by atoms with E-state index in [1.807, 2.05) is 13.0 Å². The SMILES string of the molecule is Cc1ccc(S(=O)(=O)N(CC(=O)N/N=C\c2ccc(OCC#N)cc2)c2cccc(Cl)c2)cc1. The smallest absolute Gasteiger partial charge is 0.264 e. The van der Waals surface area contributed by atoms with E-state index in [0.29, 0.717) is 16.3 Å². The van der Waals surface area contributed by atoms with Gasteiger partial charge in [0, 0.05) is 5.02 Å². The molecule has 1 amide bonds. The minimum atomic E-state index is -4.05. The fourth-order valence-electron chi connectivity index (χ4n) is 2.89. The zero-order valence-corrected chi connectivity index (χ0v) is 19.8. The van der Waals surface area contributed by atoms with Gasteiger partial charge < -0.3 is 4.74 Å². The molecular weight excluding hydrogens is 476 g/mol. The van der Waals surface area contributed by atoms with Crippen molar-refractivity contribution in [1.82, 2.24) is 5.43 Å². The molecule has 3 rings (SSSR count). The van der Waals surface area contributed by atoms with Gasteiger partial charge in [-0.15, -0.1) is 0 Å². The van der Waals surface area contributed by atoms with Crippen molar-refractivity contribution in [3.05, 3.63) is 88.9 Å². The quantitative estimate of drug-likeness (QED) is 0.356. The molecule has 0 aromatic heterocycles. The van der Waals surface area contributed by atoms with E-state index in [2.05, 4.69) is 10.5 Å². The maximum absolute atomic E-state index is 13.3. The number of rotatable bonds is 9. The molecule has 174 valence electrons. The van der Waals surface area contributed by atoms with Crippen molar-refractivity contribution in [2.75, 3.05) is 17.5 Å². The molecule has 0 aliphatic carbocycles. The number of sulfonamides is 1. The average molecular weight is 497 g/mol. The molecule has 0 unspecified atom stereocenters. The van der Waals surface area contributed by atoms with Crippen molar-refractivity contribution in [1.29, 1.82) is 5.26 Å². The number of nitriles is 1. The topological polar surface area (TPSA) is 112 Å². The number of hydrazone groups is 1. The molecule has 0 aliphatic heterocycles. The molecule has 0 heterocycles. The Kier molecular flexibility index (Phi) is 8.24. The van der Waals surface area contributed by atoms with Crippen molar-refractivity contribution < 1.29 is 17.9 Å². The lowest BCUT2D eigenvalue weighted by molar-refractivity contribution is -0.119. The Morgan fingerprint density at radius 1 is 1.15 bits per heavy atom. The van der Waals surface area contributed by atoms with E-state index in [1.165, 1.54) is 24.4 Å². The van der Waals surface area contributed by atoms with Gasteiger partial charge in [0.1, 0.15) is 18.4 Å². The molecule has 8 nitrogen and oxygen atoms in total. The molecule has 0 bridgehead atoms. The van der Waals surface area contributed by atoms with Gasteiger partial charge in [-0.3, -0.25) is 9.10 Å². The third-order valence-corrected chi connectivity index (χ3v) is 6.60. The van der Waals surface area contributed by atoms with Crippen LogP contribution in [0.25, 0.3) is 0 Å². The molecule has 3 aromatic carbocycles. The normalized spacial score (nSPS) is 11.1. The van der Waals surface area contributed by atoms with E-state index < -0.39 is 22.5 Å². The highest BCUT2D eigenvalue weighted by Crippen LogP contribution is 2.26. The fourth-order valence-corrected chi connectivity index (χ4v) is 4.49. The van der Waals surface area contributed by atoms with Gasteiger partial charge in [0.15, 0.2) is 6.61 Å². The summed E-state index contributed by atoms with van der Waals surface area (Å²) < 4.78 is 32.8. The Morgan fingerprint density at radius 3 is 2.50 bits per heavy atom. The van der Waals surface area contributed by atoms with Crippen molar-refractivity contribution in [3.63, 3.8) is 0 Å².